The fourth-order valence-corrected chi connectivity index (χ4v) is 3.35. The summed E-state index contributed by atoms with van der Waals surface area (Å²) in [6.45, 7) is 2.21. The van der Waals surface area contributed by atoms with E-state index in [1.54, 1.807) is 11.6 Å². The third kappa shape index (κ3) is 4.50. The van der Waals surface area contributed by atoms with Crippen LogP contribution in [0.15, 0.2) is 36.5 Å². The summed E-state index contributed by atoms with van der Waals surface area (Å²) < 4.78 is 6.84. The Morgan fingerprint density at radius 2 is 1.92 bits per heavy atom. The predicted molar refractivity (Wildman–Crippen MR) is 98.2 cm³/mol. The Kier molecular flexibility index (Phi) is 6.04. The highest BCUT2D eigenvalue weighted by Crippen LogP contribution is 2.22. The first kappa shape index (κ1) is 18.2. The molecule has 0 saturated heterocycles. The smallest absolute Gasteiger partial charge is 0.342 e. The van der Waals surface area contributed by atoms with Gasteiger partial charge >= 0.3 is 5.97 Å². The van der Waals surface area contributed by atoms with E-state index in [9.17, 15) is 9.59 Å². The highest BCUT2D eigenvalue weighted by molar-refractivity contribution is 5.92. The fourth-order valence-electron chi connectivity index (χ4n) is 3.35. The van der Waals surface area contributed by atoms with Gasteiger partial charge in [0.15, 0.2) is 6.61 Å². The van der Waals surface area contributed by atoms with Crippen molar-refractivity contribution in [2.24, 2.45) is 5.92 Å². The molecule has 1 aliphatic rings. The van der Waals surface area contributed by atoms with E-state index in [0.29, 0.717) is 23.7 Å². The summed E-state index contributed by atoms with van der Waals surface area (Å²) in [5.41, 5.74) is 1.92. The van der Waals surface area contributed by atoms with E-state index < -0.39 is 5.97 Å². The molecule has 0 atom stereocenters. The van der Waals surface area contributed by atoms with Crippen LogP contribution in [0.5, 0.6) is 0 Å². The van der Waals surface area contributed by atoms with Gasteiger partial charge in [-0.15, -0.1) is 0 Å². The molecule has 6 heteroatoms. The number of rotatable bonds is 6. The van der Waals surface area contributed by atoms with E-state index in [1.165, 1.54) is 25.5 Å². The minimum atomic E-state index is -0.530. The number of hydrogen-bond acceptors (Lipinski definition) is 4. The zero-order valence-electron chi connectivity index (χ0n) is 15.1. The summed E-state index contributed by atoms with van der Waals surface area (Å²) in [6.07, 6.45) is 7.57. The number of benzene rings is 1. The number of amides is 1. The Balaban J connectivity index is 1.50. The Morgan fingerprint density at radius 1 is 1.19 bits per heavy atom. The first-order valence-electron chi connectivity index (χ1n) is 9.19. The van der Waals surface area contributed by atoms with E-state index in [2.05, 4.69) is 10.4 Å². The van der Waals surface area contributed by atoms with Crippen molar-refractivity contribution in [3.05, 3.63) is 47.8 Å². The van der Waals surface area contributed by atoms with Crippen LogP contribution in [-0.4, -0.2) is 34.8 Å². The van der Waals surface area contributed by atoms with Crippen molar-refractivity contribution in [1.82, 2.24) is 15.1 Å². The summed E-state index contributed by atoms with van der Waals surface area (Å²) in [5, 5.41) is 7.11. The van der Waals surface area contributed by atoms with Gasteiger partial charge in [-0.05, 0) is 37.8 Å². The maximum atomic E-state index is 12.3. The zero-order valence-corrected chi connectivity index (χ0v) is 15.1. The number of esters is 1. The number of aromatic nitrogens is 2. The van der Waals surface area contributed by atoms with Crippen LogP contribution in [0.1, 0.15) is 48.2 Å². The van der Waals surface area contributed by atoms with Gasteiger partial charge in [0.25, 0.3) is 5.91 Å². The van der Waals surface area contributed by atoms with Gasteiger partial charge in [0.2, 0.25) is 0 Å². The first-order valence-corrected chi connectivity index (χ1v) is 9.19. The van der Waals surface area contributed by atoms with E-state index in [-0.39, 0.29) is 12.5 Å². The van der Waals surface area contributed by atoms with Crippen LogP contribution in [0, 0.1) is 12.8 Å². The lowest BCUT2D eigenvalue weighted by Gasteiger charge is -2.21. The van der Waals surface area contributed by atoms with Crippen molar-refractivity contribution >= 4 is 11.9 Å². The van der Waals surface area contributed by atoms with Gasteiger partial charge in [-0.25, -0.2) is 9.48 Å². The molecule has 1 aromatic heterocycles. The van der Waals surface area contributed by atoms with E-state index >= 15 is 0 Å². The SMILES string of the molecule is Cc1c(C(=O)OCC(=O)NCC2CCCCC2)cnn1-c1ccccc1. The Hall–Kier alpha value is -2.63. The predicted octanol–water partition coefficient (Wildman–Crippen LogP) is 3.03. The number of carbonyl (C=O) groups is 2. The monoisotopic (exact) mass is 355 g/mol. The lowest BCUT2D eigenvalue weighted by Crippen LogP contribution is -2.33. The van der Waals surface area contributed by atoms with Crippen molar-refractivity contribution in [2.75, 3.05) is 13.2 Å². The number of nitrogens with zero attached hydrogens (tertiary/aromatic N) is 2. The van der Waals surface area contributed by atoms with Crippen LogP contribution >= 0.6 is 0 Å². The first-order chi connectivity index (χ1) is 12.6. The molecular formula is C20H25N3O3. The van der Waals surface area contributed by atoms with E-state index in [1.807, 2.05) is 30.3 Å². The second-order valence-corrected chi connectivity index (χ2v) is 6.78. The molecule has 1 aromatic carbocycles. The van der Waals surface area contributed by atoms with E-state index in [0.717, 1.165) is 18.5 Å². The van der Waals surface area contributed by atoms with Crippen LogP contribution in [0.2, 0.25) is 0 Å². The molecule has 1 saturated carbocycles. The quantitative estimate of drug-likeness (QED) is 0.809. The molecular weight excluding hydrogens is 330 g/mol. The van der Waals surface area contributed by atoms with Crippen molar-refractivity contribution in [3.8, 4) is 5.69 Å². The van der Waals surface area contributed by atoms with Gasteiger partial charge < -0.3 is 10.1 Å². The molecule has 0 bridgehead atoms. The number of carbonyl (C=O) groups excluding carboxylic acids is 2. The van der Waals surface area contributed by atoms with Crippen LogP contribution in [-0.2, 0) is 9.53 Å². The summed E-state index contributed by atoms with van der Waals surface area (Å²) in [5.74, 6) is -0.232. The second-order valence-electron chi connectivity index (χ2n) is 6.78. The Labute approximate surface area is 153 Å². The normalized spacial score (nSPS) is 14.8. The maximum Gasteiger partial charge on any atom is 0.342 e. The number of para-hydroxylation sites is 1. The highest BCUT2D eigenvalue weighted by atomic mass is 16.5. The van der Waals surface area contributed by atoms with Gasteiger partial charge in [-0.1, -0.05) is 37.5 Å². The van der Waals surface area contributed by atoms with Gasteiger partial charge in [0.1, 0.15) is 5.56 Å². The molecule has 0 aliphatic heterocycles. The molecule has 1 aliphatic carbocycles. The van der Waals surface area contributed by atoms with Gasteiger partial charge in [-0.2, -0.15) is 5.10 Å². The molecule has 0 spiro atoms. The van der Waals surface area contributed by atoms with Crippen molar-refractivity contribution in [3.63, 3.8) is 0 Å². The molecule has 2 aromatic rings. The topological polar surface area (TPSA) is 73.2 Å². The molecule has 0 unspecified atom stereocenters. The average Bonchev–Trinajstić information content (AvgIpc) is 3.07. The molecule has 138 valence electrons. The molecule has 6 nitrogen and oxygen atoms in total. The summed E-state index contributed by atoms with van der Waals surface area (Å²) in [4.78, 5) is 24.2. The Morgan fingerprint density at radius 3 is 2.65 bits per heavy atom. The third-order valence-corrected chi connectivity index (χ3v) is 4.88. The van der Waals surface area contributed by atoms with Crippen molar-refractivity contribution in [2.45, 2.75) is 39.0 Å². The number of nitrogens with one attached hydrogen (secondary N) is 1. The summed E-state index contributed by atoms with van der Waals surface area (Å²) in [7, 11) is 0. The molecule has 26 heavy (non-hydrogen) atoms. The summed E-state index contributed by atoms with van der Waals surface area (Å²) >= 11 is 0. The van der Waals surface area contributed by atoms with Crippen LogP contribution in [0.4, 0.5) is 0 Å². The Bertz CT molecular complexity index is 749. The van der Waals surface area contributed by atoms with Crippen molar-refractivity contribution in [1.29, 1.82) is 0 Å². The molecule has 1 fully saturated rings. The fraction of sp³-hybridized carbons (Fsp3) is 0.450. The molecule has 0 radical (unpaired) electrons. The van der Waals surface area contributed by atoms with Crippen molar-refractivity contribution < 1.29 is 14.3 Å². The van der Waals surface area contributed by atoms with E-state index in [4.69, 9.17) is 4.74 Å². The van der Waals surface area contributed by atoms with Gasteiger partial charge in [0, 0.05) is 6.54 Å². The lowest BCUT2D eigenvalue weighted by atomic mass is 9.89. The molecule has 1 heterocycles. The number of ether oxygens (including phenoxy) is 1. The minimum Gasteiger partial charge on any atom is -0.452 e. The highest BCUT2D eigenvalue weighted by Gasteiger charge is 2.18. The van der Waals surface area contributed by atoms with Crippen LogP contribution in [0.25, 0.3) is 5.69 Å². The molecule has 3 rings (SSSR count). The third-order valence-electron chi connectivity index (χ3n) is 4.88. The zero-order chi connectivity index (χ0) is 18.4. The lowest BCUT2D eigenvalue weighted by molar-refractivity contribution is -0.124. The maximum absolute atomic E-state index is 12.3. The largest absolute Gasteiger partial charge is 0.452 e. The average molecular weight is 355 g/mol. The number of hydrogen-bond donors (Lipinski definition) is 1. The van der Waals surface area contributed by atoms with Gasteiger partial charge in [-0.3, -0.25) is 4.79 Å². The van der Waals surface area contributed by atoms with Gasteiger partial charge in [0.05, 0.1) is 17.6 Å². The minimum absolute atomic E-state index is 0.253. The molecule has 1 N–H and O–H groups in total. The standard InChI is InChI=1S/C20H25N3O3/c1-15-18(13-22-23(15)17-10-6-3-7-11-17)20(25)26-14-19(24)21-12-16-8-4-2-5-9-16/h3,6-7,10-11,13,16H,2,4-5,8-9,12,14H2,1H3,(H,21,24). The summed E-state index contributed by atoms with van der Waals surface area (Å²) in [6, 6.07) is 9.56. The van der Waals surface area contributed by atoms with Crippen LogP contribution in [0.3, 0.4) is 0 Å². The second kappa shape index (κ2) is 8.65. The molecule has 1 amide bonds. The van der Waals surface area contributed by atoms with Crippen LogP contribution < -0.4 is 5.32 Å².